The number of carbonyl (C=O) groups excluding carboxylic acids is 2. The van der Waals surface area contributed by atoms with E-state index in [9.17, 15) is 9.59 Å². The van der Waals surface area contributed by atoms with Gasteiger partial charge in [0.1, 0.15) is 5.75 Å². The van der Waals surface area contributed by atoms with Crippen LogP contribution in [0, 0.1) is 12.8 Å². The van der Waals surface area contributed by atoms with Gasteiger partial charge >= 0.3 is 5.97 Å². The SMILES string of the molecule is COc1ccc(C)cc1NC(=O)[C@@H](C)OC(=O)C[C@@H]1C=CCC1. The first-order chi connectivity index (χ1) is 11.0. The first-order valence-electron chi connectivity index (χ1n) is 7.81. The summed E-state index contributed by atoms with van der Waals surface area (Å²) in [5, 5.41) is 2.75. The molecule has 5 nitrogen and oxygen atoms in total. The summed E-state index contributed by atoms with van der Waals surface area (Å²) in [5.74, 6) is 0.0813. The molecule has 0 fully saturated rings. The highest BCUT2D eigenvalue weighted by Crippen LogP contribution is 2.25. The Bertz CT molecular complexity index is 609. The van der Waals surface area contributed by atoms with Crippen molar-refractivity contribution >= 4 is 17.6 Å². The number of benzene rings is 1. The summed E-state index contributed by atoms with van der Waals surface area (Å²) in [6.07, 6.45) is 5.54. The molecule has 1 aromatic carbocycles. The van der Waals surface area contributed by atoms with Crippen molar-refractivity contribution in [3.8, 4) is 5.75 Å². The van der Waals surface area contributed by atoms with Crippen LogP contribution in [0.4, 0.5) is 5.69 Å². The van der Waals surface area contributed by atoms with Crippen molar-refractivity contribution in [2.24, 2.45) is 5.92 Å². The Morgan fingerprint density at radius 2 is 2.17 bits per heavy atom. The molecule has 0 unspecified atom stereocenters. The average Bonchev–Trinajstić information content (AvgIpc) is 3.00. The van der Waals surface area contributed by atoms with Crippen LogP contribution in [0.15, 0.2) is 30.4 Å². The van der Waals surface area contributed by atoms with Crippen molar-refractivity contribution in [3.63, 3.8) is 0 Å². The fourth-order valence-electron chi connectivity index (χ4n) is 2.53. The second-order valence-corrected chi connectivity index (χ2v) is 5.79. The van der Waals surface area contributed by atoms with Crippen molar-refractivity contribution in [1.29, 1.82) is 0 Å². The highest BCUT2D eigenvalue weighted by Gasteiger charge is 2.21. The quantitative estimate of drug-likeness (QED) is 0.646. The smallest absolute Gasteiger partial charge is 0.307 e. The predicted octanol–water partition coefficient (Wildman–Crippen LogP) is 3.23. The minimum absolute atomic E-state index is 0.231. The Hall–Kier alpha value is -2.30. The van der Waals surface area contributed by atoms with Crippen LogP contribution in [-0.2, 0) is 14.3 Å². The molecule has 0 heterocycles. The first-order valence-corrected chi connectivity index (χ1v) is 7.81. The molecule has 2 atom stereocenters. The highest BCUT2D eigenvalue weighted by molar-refractivity contribution is 5.96. The van der Waals surface area contributed by atoms with Gasteiger partial charge in [0, 0.05) is 0 Å². The normalized spacial score (nSPS) is 17.6. The number of aryl methyl sites for hydroxylation is 1. The molecular formula is C18H23NO4. The van der Waals surface area contributed by atoms with Gasteiger partial charge in [-0.05, 0) is 50.3 Å². The number of ether oxygens (including phenoxy) is 2. The van der Waals surface area contributed by atoms with Gasteiger partial charge in [0.25, 0.3) is 5.91 Å². The number of nitrogens with one attached hydrogen (secondary N) is 1. The van der Waals surface area contributed by atoms with E-state index in [1.807, 2.05) is 25.1 Å². The maximum absolute atomic E-state index is 12.2. The summed E-state index contributed by atoms with van der Waals surface area (Å²) in [6.45, 7) is 3.49. The van der Waals surface area contributed by atoms with Crippen LogP contribution in [-0.4, -0.2) is 25.1 Å². The van der Waals surface area contributed by atoms with Gasteiger partial charge in [0.2, 0.25) is 0 Å². The molecule has 0 saturated heterocycles. The van der Waals surface area contributed by atoms with E-state index in [1.165, 1.54) is 0 Å². The van der Waals surface area contributed by atoms with E-state index in [4.69, 9.17) is 9.47 Å². The molecule has 0 radical (unpaired) electrons. The second kappa shape index (κ2) is 7.81. The van der Waals surface area contributed by atoms with Crippen LogP contribution < -0.4 is 10.1 Å². The van der Waals surface area contributed by atoms with Crippen molar-refractivity contribution in [1.82, 2.24) is 0 Å². The van der Waals surface area contributed by atoms with Crippen molar-refractivity contribution in [2.75, 3.05) is 12.4 Å². The number of rotatable bonds is 6. The molecule has 1 aliphatic rings. The fourth-order valence-corrected chi connectivity index (χ4v) is 2.53. The van der Waals surface area contributed by atoms with Gasteiger partial charge in [-0.15, -0.1) is 0 Å². The van der Waals surface area contributed by atoms with Gasteiger partial charge in [-0.3, -0.25) is 9.59 Å². The van der Waals surface area contributed by atoms with Crippen molar-refractivity contribution in [2.45, 2.75) is 39.2 Å². The summed E-state index contributed by atoms with van der Waals surface area (Å²) >= 11 is 0. The molecule has 2 rings (SSSR count). The Kier molecular flexibility index (Phi) is 5.79. The minimum Gasteiger partial charge on any atom is -0.495 e. The third-order valence-electron chi connectivity index (χ3n) is 3.83. The monoisotopic (exact) mass is 317 g/mol. The predicted molar refractivity (Wildman–Crippen MR) is 88.4 cm³/mol. The van der Waals surface area contributed by atoms with Crippen LogP contribution in [0.25, 0.3) is 0 Å². The molecular weight excluding hydrogens is 294 g/mol. The lowest BCUT2D eigenvalue weighted by molar-refractivity contribution is -0.153. The van der Waals surface area contributed by atoms with Crippen LogP contribution in [0.2, 0.25) is 0 Å². The lowest BCUT2D eigenvalue weighted by Crippen LogP contribution is -2.30. The molecule has 1 aromatic rings. The molecule has 5 heteroatoms. The van der Waals surface area contributed by atoms with Crippen LogP contribution >= 0.6 is 0 Å². The molecule has 23 heavy (non-hydrogen) atoms. The molecule has 0 spiro atoms. The number of esters is 1. The van der Waals surface area contributed by atoms with Gasteiger partial charge in [0.05, 0.1) is 19.2 Å². The van der Waals surface area contributed by atoms with Crippen molar-refractivity contribution < 1.29 is 19.1 Å². The summed E-state index contributed by atoms with van der Waals surface area (Å²) in [7, 11) is 1.54. The summed E-state index contributed by atoms with van der Waals surface area (Å²) < 4.78 is 10.4. The van der Waals surface area contributed by atoms with Crippen LogP contribution in [0.1, 0.15) is 31.7 Å². The zero-order valence-corrected chi connectivity index (χ0v) is 13.8. The van der Waals surface area contributed by atoms with Gasteiger partial charge in [-0.1, -0.05) is 18.2 Å². The summed E-state index contributed by atoms with van der Waals surface area (Å²) in [5.41, 5.74) is 1.57. The maximum Gasteiger partial charge on any atom is 0.307 e. The number of amides is 1. The maximum atomic E-state index is 12.2. The number of hydrogen-bond acceptors (Lipinski definition) is 4. The molecule has 0 saturated carbocycles. The fraction of sp³-hybridized carbons (Fsp3) is 0.444. The number of methoxy groups -OCH3 is 1. The van der Waals surface area contributed by atoms with Crippen LogP contribution in [0.5, 0.6) is 5.75 Å². The summed E-state index contributed by atoms with van der Waals surface area (Å²) in [6, 6.07) is 5.50. The lowest BCUT2D eigenvalue weighted by Gasteiger charge is -2.16. The lowest BCUT2D eigenvalue weighted by atomic mass is 10.1. The Morgan fingerprint density at radius 1 is 1.39 bits per heavy atom. The van der Waals surface area contributed by atoms with Gasteiger partial charge in [0.15, 0.2) is 6.10 Å². The Morgan fingerprint density at radius 3 is 2.83 bits per heavy atom. The third kappa shape index (κ3) is 4.84. The number of anilines is 1. The highest BCUT2D eigenvalue weighted by atomic mass is 16.5. The number of allylic oxidation sites excluding steroid dienone is 2. The molecule has 124 valence electrons. The molecule has 0 aliphatic heterocycles. The Balaban J connectivity index is 1.90. The van der Waals surface area contributed by atoms with E-state index in [1.54, 1.807) is 20.1 Å². The third-order valence-corrected chi connectivity index (χ3v) is 3.83. The second-order valence-electron chi connectivity index (χ2n) is 5.79. The molecule has 1 aliphatic carbocycles. The molecule has 1 N–H and O–H groups in total. The summed E-state index contributed by atoms with van der Waals surface area (Å²) in [4.78, 5) is 24.1. The topological polar surface area (TPSA) is 64.6 Å². The van der Waals surface area contributed by atoms with E-state index in [2.05, 4.69) is 11.4 Å². The van der Waals surface area contributed by atoms with Crippen LogP contribution in [0.3, 0.4) is 0 Å². The zero-order valence-electron chi connectivity index (χ0n) is 13.8. The largest absolute Gasteiger partial charge is 0.495 e. The van der Waals surface area contributed by atoms with E-state index in [0.717, 1.165) is 18.4 Å². The molecule has 1 amide bonds. The minimum atomic E-state index is -0.849. The Labute approximate surface area is 136 Å². The van der Waals surface area contributed by atoms with E-state index in [-0.39, 0.29) is 17.8 Å². The molecule has 0 bridgehead atoms. The van der Waals surface area contributed by atoms with Gasteiger partial charge in [-0.25, -0.2) is 0 Å². The molecule has 0 aromatic heterocycles. The first kappa shape index (κ1) is 17.1. The van der Waals surface area contributed by atoms with E-state index < -0.39 is 6.10 Å². The van der Waals surface area contributed by atoms with Gasteiger partial charge in [-0.2, -0.15) is 0 Å². The van der Waals surface area contributed by atoms with Gasteiger partial charge < -0.3 is 14.8 Å². The standard InChI is InChI=1S/C18H23NO4/c1-12-8-9-16(22-3)15(10-12)19-18(21)13(2)23-17(20)11-14-6-4-5-7-14/h4,6,8-10,13-14H,5,7,11H2,1-3H3,(H,19,21)/t13-,14-/m1/s1. The zero-order chi connectivity index (χ0) is 16.8. The van der Waals surface area contributed by atoms with Crippen molar-refractivity contribution in [3.05, 3.63) is 35.9 Å². The number of hydrogen-bond donors (Lipinski definition) is 1. The number of carbonyl (C=O) groups is 2. The average molecular weight is 317 g/mol. The van der Waals surface area contributed by atoms with E-state index in [0.29, 0.717) is 17.9 Å². The van der Waals surface area contributed by atoms with E-state index >= 15 is 0 Å².